The van der Waals surface area contributed by atoms with Crippen molar-refractivity contribution >= 4 is 18.1 Å². The summed E-state index contributed by atoms with van der Waals surface area (Å²) in [6.45, 7) is -0.522. The number of aliphatic hydroxyl groups excluding tert-OH is 5. The topological polar surface area (TPSA) is 400 Å². The molecule has 8 rings (SSSR count). The molecular formula is C59H73FN12O16. The van der Waals surface area contributed by atoms with Gasteiger partial charge in [0.2, 0.25) is 0 Å². The number of nitrogens with one attached hydrogen (secondary N) is 2. The van der Waals surface area contributed by atoms with Gasteiger partial charge in [0.25, 0.3) is 5.91 Å². The molecule has 4 aromatic carbocycles. The number of hydrogen-bond acceptors (Lipinski definition) is 19. The number of amides is 3. The van der Waals surface area contributed by atoms with E-state index >= 15 is 4.39 Å². The van der Waals surface area contributed by atoms with Gasteiger partial charge >= 0.3 is 12.2 Å². The number of alkyl carbamates (subject to hydrolysis) is 1. The zero-order chi connectivity index (χ0) is 62.5. The fourth-order valence-corrected chi connectivity index (χ4v) is 11.4. The molecule has 3 heterocycles. The molecule has 88 heavy (non-hydrogen) atoms. The Kier molecular flexibility index (Phi) is 24.9. The highest BCUT2D eigenvalue weighted by Crippen LogP contribution is 2.40. The monoisotopic (exact) mass is 1220 g/mol. The largest absolute Gasteiger partial charge is 0.445 e. The molecule has 0 radical (unpaired) electrons. The van der Waals surface area contributed by atoms with E-state index in [0.29, 0.717) is 11.1 Å². The molecule has 3 aliphatic heterocycles. The number of halogens is 1. The average Bonchev–Trinajstić information content (AvgIpc) is 2.18. The highest BCUT2D eigenvalue weighted by atomic mass is 19.1. The Hall–Kier alpha value is -7.69. The van der Waals surface area contributed by atoms with Crippen LogP contribution < -0.4 is 10.6 Å². The van der Waals surface area contributed by atoms with Crippen LogP contribution in [0.3, 0.4) is 0 Å². The lowest BCUT2D eigenvalue weighted by molar-refractivity contribution is -0.296. The SMILES string of the molecule is C[C@H]1C[C@@H](NC(=O)[C@@H](OCc2ccccc2)[C@H](F)CN=[N+]=[N-])[C@H](O)[C@@H](O[C@@H]2O[C@H](CO)[C@@H](C[C@H]3O[C@@H](CN=[N+]=[N-])[C@@H](O)[C@H](O)[C@H]3N=[N+]=[N-])[C@H]2O)[C@@H]1O[C@H]1O[C@H](CN(Cc2ccccc2)C(=O)OCc2ccccc2)CC[C@H]1NC(=O)OCc1ccccc1. The lowest BCUT2D eigenvalue weighted by atomic mass is 9.79. The van der Waals surface area contributed by atoms with Gasteiger partial charge < -0.3 is 79.0 Å². The molecule has 4 aromatic rings. The smallest absolute Gasteiger partial charge is 0.410 e. The van der Waals surface area contributed by atoms with Gasteiger partial charge in [0, 0.05) is 27.2 Å². The van der Waals surface area contributed by atoms with Gasteiger partial charge in [0.15, 0.2) is 18.7 Å². The van der Waals surface area contributed by atoms with Gasteiger partial charge in [0.1, 0.15) is 43.8 Å². The van der Waals surface area contributed by atoms with Crippen LogP contribution >= 0.6 is 0 Å². The Morgan fingerprint density at radius 2 is 1.27 bits per heavy atom. The molecule has 0 bridgehead atoms. The van der Waals surface area contributed by atoms with Gasteiger partial charge in [-0.1, -0.05) is 144 Å². The minimum Gasteiger partial charge on any atom is -0.445 e. The number of alkyl halides is 1. The first-order valence-electron chi connectivity index (χ1n) is 28.9. The van der Waals surface area contributed by atoms with Crippen LogP contribution in [0.4, 0.5) is 14.0 Å². The van der Waals surface area contributed by atoms with E-state index in [1.165, 1.54) is 4.90 Å². The molecule has 1 aliphatic carbocycles. The Bertz CT molecular complexity index is 3000. The number of carbonyl (C=O) groups excluding carboxylic acids is 3. The predicted octanol–water partition coefficient (Wildman–Crippen LogP) is 6.08. The van der Waals surface area contributed by atoms with Crippen molar-refractivity contribution < 1.29 is 82.2 Å². The first-order valence-corrected chi connectivity index (χ1v) is 28.9. The second kappa shape index (κ2) is 33.0. The van der Waals surface area contributed by atoms with E-state index < -0.39 is 154 Å². The molecule has 4 fully saturated rings. The van der Waals surface area contributed by atoms with Crippen LogP contribution in [-0.2, 0) is 69.1 Å². The highest BCUT2D eigenvalue weighted by molar-refractivity contribution is 5.82. The summed E-state index contributed by atoms with van der Waals surface area (Å²) < 4.78 is 65.7. The van der Waals surface area contributed by atoms with Crippen molar-refractivity contribution in [2.75, 3.05) is 26.2 Å². The van der Waals surface area contributed by atoms with Gasteiger partial charge in [0.05, 0.1) is 87.6 Å². The van der Waals surface area contributed by atoms with Crippen LogP contribution in [0.25, 0.3) is 31.3 Å². The summed E-state index contributed by atoms with van der Waals surface area (Å²) in [5.41, 5.74) is 30.4. The molecule has 0 spiro atoms. The quantitative estimate of drug-likeness (QED) is 0.0202. The van der Waals surface area contributed by atoms with Crippen molar-refractivity contribution in [2.45, 2.75) is 163 Å². The van der Waals surface area contributed by atoms with E-state index in [0.717, 1.165) is 11.1 Å². The van der Waals surface area contributed by atoms with Crippen LogP contribution in [0, 0.1) is 11.8 Å². The van der Waals surface area contributed by atoms with E-state index in [1.807, 2.05) is 66.7 Å². The summed E-state index contributed by atoms with van der Waals surface area (Å²) in [7, 11) is 0. The first-order chi connectivity index (χ1) is 42.7. The summed E-state index contributed by atoms with van der Waals surface area (Å²) in [5, 5.41) is 73.5. The van der Waals surface area contributed by atoms with Crippen LogP contribution in [-0.4, -0.2) is 179 Å². The third-order valence-electron chi connectivity index (χ3n) is 15.9. The summed E-state index contributed by atoms with van der Waals surface area (Å²) in [6.07, 6.45) is -23.1. The number of benzene rings is 4. The number of hydrogen-bond donors (Lipinski definition) is 7. The molecule has 29 heteroatoms. The van der Waals surface area contributed by atoms with Gasteiger partial charge in [-0.25, -0.2) is 14.0 Å². The molecule has 0 aromatic heterocycles. The molecule has 0 unspecified atom stereocenters. The van der Waals surface area contributed by atoms with E-state index in [1.54, 1.807) is 61.5 Å². The maximum atomic E-state index is 16.0. The Morgan fingerprint density at radius 3 is 1.89 bits per heavy atom. The fraction of sp³-hybridized carbons (Fsp3) is 0.542. The molecule has 28 nitrogen and oxygen atoms in total. The molecule has 1 saturated carbocycles. The Morgan fingerprint density at radius 1 is 0.670 bits per heavy atom. The van der Waals surface area contributed by atoms with Crippen LogP contribution in [0.2, 0.25) is 0 Å². The summed E-state index contributed by atoms with van der Waals surface area (Å²) in [5.74, 6) is -2.95. The maximum absolute atomic E-state index is 16.0. The minimum atomic E-state index is -2.16. The summed E-state index contributed by atoms with van der Waals surface area (Å²) >= 11 is 0. The van der Waals surface area contributed by atoms with E-state index in [9.17, 15) is 45.4 Å². The second-order valence-corrected chi connectivity index (χ2v) is 22.0. The molecule has 3 saturated heterocycles. The number of aliphatic hydroxyl groups is 5. The number of carbonyl (C=O) groups is 3. The van der Waals surface area contributed by atoms with Crippen molar-refractivity contribution in [1.82, 2.24) is 15.5 Å². The zero-order valence-electron chi connectivity index (χ0n) is 48.1. The number of nitrogens with zero attached hydrogens (tertiary/aromatic N) is 10. The Labute approximate surface area is 505 Å². The fourth-order valence-electron chi connectivity index (χ4n) is 11.4. The van der Waals surface area contributed by atoms with E-state index in [4.69, 9.17) is 49.0 Å². The third kappa shape index (κ3) is 18.0. The Balaban J connectivity index is 1.10. The molecule has 472 valence electrons. The molecular weight excluding hydrogens is 1150 g/mol. The van der Waals surface area contributed by atoms with E-state index in [-0.39, 0.29) is 58.6 Å². The molecule has 7 N–H and O–H groups in total. The normalized spacial score (nSPS) is 30.0. The van der Waals surface area contributed by atoms with Gasteiger partial charge in [-0.05, 0) is 70.4 Å². The van der Waals surface area contributed by atoms with E-state index in [2.05, 4.69) is 40.7 Å². The van der Waals surface area contributed by atoms with Gasteiger partial charge in [-0.3, -0.25) is 4.79 Å². The average molecular weight is 1230 g/mol. The van der Waals surface area contributed by atoms with Crippen LogP contribution in [0.1, 0.15) is 54.9 Å². The summed E-state index contributed by atoms with van der Waals surface area (Å²) in [4.78, 5) is 51.7. The van der Waals surface area contributed by atoms with Gasteiger partial charge in [-0.15, -0.1) is 0 Å². The molecule has 4 aliphatic rings. The summed E-state index contributed by atoms with van der Waals surface area (Å²) in [6, 6.07) is 32.2. The zero-order valence-corrected chi connectivity index (χ0v) is 48.1. The molecule has 19 atom stereocenters. The lowest BCUT2D eigenvalue weighted by Crippen LogP contribution is -2.64. The third-order valence-corrected chi connectivity index (χ3v) is 15.9. The van der Waals surface area contributed by atoms with Crippen LogP contribution in [0.5, 0.6) is 0 Å². The molecule has 3 amide bonds. The van der Waals surface area contributed by atoms with Crippen molar-refractivity contribution in [2.24, 2.45) is 27.2 Å². The van der Waals surface area contributed by atoms with Crippen LogP contribution in [0.15, 0.2) is 137 Å². The number of ether oxygens (including phenoxy) is 8. The lowest BCUT2D eigenvalue weighted by Gasteiger charge is -2.47. The number of rotatable bonds is 27. The van der Waals surface area contributed by atoms with Gasteiger partial charge in [-0.2, -0.15) is 0 Å². The minimum absolute atomic E-state index is 0.0219. The second-order valence-electron chi connectivity index (χ2n) is 22.0. The highest BCUT2D eigenvalue weighted by Gasteiger charge is 2.54. The van der Waals surface area contributed by atoms with Crippen molar-refractivity contribution in [3.63, 3.8) is 0 Å². The van der Waals surface area contributed by atoms with Crippen molar-refractivity contribution in [3.05, 3.63) is 175 Å². The number of azide groups is 3. The maximum Gasteiger partial charge on any atom is 0.410 e. The van der Waals surface area contributed by atoms with Crippen molar-refractivity contribution in [3.8, 4) is 0 Å². The standard InChI is InChI=1S/C59H73FN12O16/c1-34-24-43(66-55(78)53(41(60)26-64-69-61)81-31-36-16-8-3-9-17-36)49(75)54(88-57-48(74)40(46(30-73)86-57)25-44-47(68-71-63)51(77)50(76)45(85-44)27-65-70-62)52(34)87-56-42(67-58(79)82-32-37-18-10-4-11-19-37)23-22-39(84-56)29-72(28-35-14-6-2-7-15-35)59(80)83-33-38-20-12-5-13-21-38/h2-21,34,39-54,56-57,73-77H,22-33H2,1H3,(H,66,78)(H,67,79)/t34-,39-,40+,41+,42+,43+,44+,45-,46+,47-,48+,49-,50+,51+,52+,53-,54+,56+,57-/m0/s1. The predicted molar refractivity (Wildman–Crippen MR) is 308 cm³/mol. The first kappa shape index (κ1) is 66.3. The van der Waals surface area contributed by atoms with Crippen molar-refractivity contribution in [1.29, 1.82) is 0 Å².